The van der Waals surface area contributed by atoms with Crippen LogP contribution >= 0.6 is 11.8 Å². The second-order valence-corrected chi connectivity index (χ2v) is 4.86. The van der Waals surface area contributed by atoms with Gasteiger partial charge in [0.05, 0.1) is 4.91 Å². The fourth-order valence-corrected chi connectivity index (χ4v) is 2.32. The molecule has 0 radical (unpaired) electrons. The summed E-state index contributed by atoms with van der Waals surface area (Å²) < 4.78 is 0. The minimum Gasteiger partial charge on any atom is -0.282 e. The molecular weight excluding hydrogens is 234 g/mol. The molecule has 0 atom stereocenters. The summed E-state index contributed by atoms with van der Waals surface area (Å²) in [6, 6.07) is 8.04. The van der Waals surface area contributed by atoms with E-state index in [4.69, 9.17) is 0 Å². The third-order valence-electron chi connectivity index (χ3n) is 2.46. The van der Waals surface area contributed by atoms with Crippen LogP contribution in [0.1, 0.15) is 24.5 Å². The van der Waals surface area contributed by atoms with Gasteiger partial charge in [-0.05, 0) is 35.4 Å². The van der Waals surface area contributed by atoms with Gasteiger partial charge >= 0.3 is 0 Å². The number of hydrogen-bond acceptors (Lipinski definition) is 3. The molecule has 1 N–H and O–H groups in total. The van der Waals surface area contributed by atoms with Crippen LogP contribution in [0.5, 0.6) is 0 Å². The summed E-state index contributed by atoms with van der Waals surface area (Å²) in [6.45, 7) is 2.14. The van der Waals surface area contributed by atoms with Crippen LogP contribution in [-0.4, -0.2) is 11.1 Å². The van der Waals surface area contributed by atoms with Gasteiger partial charge in [-0.2, -0.15) is 0 Å². The van der Waals surface area contributed by atoms with Crippen molar-refractivity contribution in [3.05, 3.63) is 40.3 Å². The van der Waals surface area contributed by atoms with Crippen LogP contribution in [0.3, 0.4) is 0 Å². The lowest BCUT2D eigenvalue weighted by molar-refractivity contribution is -0.115. The molecule has 1 saturated heterocycles. The van der Waals surface area contributed by atoms with Crippen molar-refractivity contribution in [3.8, 4) is 0 Å². The monoisotopic (exact) mass is 247 g/mol. The van der Waals surface area contributed by atoms with Gasteiger partial charge in [-0.25, -0.2) is 0 Å². The lowest BCUT2D eigenvalue weighted by Gasteiger charge is -1.99. The van der Waals surface area contributed by atoms with E-state index in [9.17, 15) is 9.59 Å². The molecule has 0 bridgehead atoms. The van der Waals surface area contributed by atoms with Crippen molar-refractivity contribution in [2.24, 2.45) is 0 Å². The number of thioether (sulfide) groups is 1. The number of benzene rings is 1. The Morgan fingerprint density at radius 2 is 1.94 bits per heavy atom. The summed E-state index contributed by atoms with van der Waals surface area (Å²) in [7, 11) is 0. The molecule has 88 valence electrons. The van der Waals surface area contributed by atoms with Gasteiger partial charge in [0, 0.05) is 0 Å². The maximum absolute atomic E-state index is 11.3. The first-order valence-electron chi connectivity index (χ1n) is 5.53. The Bertz CT molecular complexity index is 477. The van der Waals surface area contributed by atoms with Gasteiger partial charge in [0.25, 0.3) is 11.1 Å². The van der Waals surface area contributed by atoms with E-state index in [1.165, 1.54) is 5.56 Å². The number of rotatable bonds is 3. The third kappa shape index (κ3) is 2.97. The average molecular weight is 247 g/mol. The fraction of sp³-hybridized carbons (Fsp3) is 0.231. The Balaban J connectivity index is 2.16. The van der Waals surface area contributed by atoms with Crippen LogP contribution in [0.2, 0.25) is 0 Å². The normalized spacial score (nSPS) is 17.6. The predicted molar refractivity (Wildman–Crippen MR) is 69.5 cm³/mol. The molecule has 3 nitrogen and oxygen atoms in total. The van der Waals surface area contributed by atoms with Crippen molar-refractivity contribution < 1.29 is 9.59 Å². The first kappa shape index (κ1) is 11.9. The summed E-state index contributed by atoms with van der Waals surface area (Å²) in [5.74, 6) is -0.308. The molecule has 1 fully saturated rings. The van der Waals surface area contributed by atoms with Crippen molar-refractivity contribution in [2.75, 3.05) is 0 Å². The van der Waals surface area contributed by atoms with Crippen molar-refractivity contribution >= 4 is 29.0 Å². The van der Waals surface area contributed by atoms with Crippen molar-refractivity contribution in [1.29, 1.82) is 0 Å². The van der Waals surface area contributed by atoms with Gasteiger partial charge in [0.1, 0.15) is 0 Å². The van der Waals surface area contributed by atoms with Crippen LogP contribution in [-0.2, 0) is 11.2 Å². The summed E-state index contributed by atoms with van der Waals surface area (Å²) in [5, 5.41) is 1.93. The van der Waals surface area contributed by atoms with E-state index < -0.39 is 0 Å². The second kappa shape index (κ2) is 5.19. The Morgan fingerprint density at radius 3 is 2.47 bits per heavy atom. The SMILES string of the molecule is CCCc1ccc(C=C2SC(=O)NC2=O)cc1. The zero-order chi connectivity index (χ0) is 12.3. The van der Waals surface area contributed by atoms with Crippen LogP contribution in [0.4, 0.5) is 4.79 Å². The molecule has 0 aliphatic carbocycles. The molecule has 0 saturated carbocycles. The molecule has 1 aliphatic heterocycles. The number of nitrogens with one attached hydrogen (secondary N) is 1. The van der Waals surface area contributed by atoms with E-state index in [1.54, 1.807) is 6.08 Å². The molecule has 2 amide bonds. The van der Waals surface area contributed by atoms with E-state index in [-0.39, 0.29) is 11.1 Å². The molecule has 4 heteroatoms. The fourth-order valence-electron chi connectivity index (χ4n) is 1.64. The Kier molecular flexibility index (Phi) is 3.64. The standard InChI is InChI=1S/C13H13NO2S/c1-2-3-9-4-6-10(7-5-9)8-11-12(15)14-13(16)17-11/h4-8H,2-3H2,1H3,(H,14,15,16). The Labute approximate surface area is 104 Å². The maximum Gasteiger partial charge on any atom is 0.290 e. The highest BCUT2D eigenvalue weighted by molar-refractivity contribution is 8.18. The molecule has 1 aromatic carbocycles. The number of carbonyl (C=O) groups is 2. The van der Waals surface area contributed by atoms with E-state index in [0.29, 0.717) is 4.91 Å². The molecule has 0 unspecified atom stereocenters. The number of hydrogen-bond donors (Lipinski definition) is 1. The Morgan fingerprint density at radius 1 is 1.24 bits per heavy atom. The lowest BCUT2D eigenvalue weighted by Crippen LogP contribution is -2.17. The minimum atomic E-state index is -0.308. The zero-order valence-corrected chi connectivity index (χ0v) is 10.3. The summed E-state index contributed by atoms with van der Waals surface area (Å²) in [5.41, 5.74) is 2.23. The highest BCUT2D eigenvalue weighted by atomic mass is 32.2. The van der Waals surface area contributed by atoms with Gasteiger partial charge in [-0.15, -0.1) is 0 Å². The van der Waals surface area contributed by atoms with Gasteiger partial charge < -0.3 is 0 Å². The summed E-state index contributed by atoms with van der Waals surface area (Å²) in [6.07, 6.45) is 3.92. The van der Waals surface area contributed by atoms with Crippen molar-refractivity contribution in [2.45, 2.75) is 19.8 Å². The molecule has 1 heterocycles. The van der Waals surface area contributed by atoms with Crippen molar-refractivity contribution in [1.82, 2.24) is 5.32 Å². The van der Waals surface area contributed by atoms with Gasteiger partial charge in [-0.3, -0.25) is 14.9 Å². The molecule has 1 aromatic rings. The molecule has 0 aromatic heterocycles. The number of aryl methyl sites for hydroxylation is 1. The van der Waals surface area contributed by atoms with Crippen LogP contribution < -0.4 is 5.32 Å². The first-order valence-corrected chi connectivity index (χ1v) is 6.34. The maximum atomic E-state index is 11.3. The molecule has 0 spiro atoms. The first-order chi connectivity index (χ1) is 8.19. The van der Waals surface area contributed by atoms with Gasteiger partial charge in [0.2, 0.25) is 0 Å². The van der Waals surface area contributed by atoms with Crippen molar-refractivity contribution in [3.63, 3.8) is 0 Å². The number of amides is 2. The largest absolute Gasteiger partial charge is 0.290 e. The average Bonchev–Trinajstić information content (AvgIpc) is 2.61. The smallest absolute Gasteiger partial charge is 0.282 e. The van der Waals surface area contributed by atoms with Crippen LogP contribution in [0.15, 0.2) is 29.2 Å². The van der Waals surface area contributed by atoms with E-state index >= 15 is 0 Å². The third-order valence-corrected chi connectivity index (χ3v) is 3.27. The van der Waals surface area contributed by atoms with E-state index in [1.807, 2.05) is 12.1 Å². The topological polar surface area (TPSA) is 46.2 Å². The quantitative estimate of drug-likeness (QED) is 0.835. The summed E-state index contributed by atoms with van der Waals surface area (Å²) in [4.78, 5) is 22.8. The molecule has 2 rings (SSSR count). The highest BCUT2D eigenvalue weighted by Crippen LogP contribution is 2.25. The van der Waals surface area contributed by atoms with E-state index in [2.05, 4.69) is 24.4 Å². The second-order valence-electron chi connectivity index (χ2n) is 3.84. The van der Waals surface area contributed by atoms with E-state index in [0.717, 1.165) is 30.2 Å². The number of imide groups is 1. The molecular formula is C13H13NO2S. The lowest BCUT2D eigenvalue weighted by atomic mass is 10.1. The number of carbonyl (C=O) groups excluding carboxylic acids is 2. The minimum absolute atomic E-state index is 0.302. The van der Waals surface area contributed by atoms with Crippen LogP contribution in [0, 0.1) is 0 Å². The summed E-state index contributed by atoms with van der Waals surface area (Å²) >= 11 is 0.944. The Hall–Kier alpha value is -1.55. The van der Waals surface area contributed by atoms with Crippen LogP contribution in [0.25, 0.3) is 6.08 Å². The zero-order valence-electron chi connectivity index (χ0n) is 9.53. The highest BCUT2D eigenvalue weighted by Gasteiger charge is 2.24. The van der Waals surface area contributed by atoms with Gasteiger partial charge in [-0.1, -0.05) is 37.6 Å². The molecule has 17 heavy (non-hydrogen) atoms. The van der Waals surface area contributed by atoms with Gasteiger partial charge in [0.15, 0.2) is 0 Å². The predicted octanol–water partition coefficient (Wildman–Crippen LogP) is 2.96. The molecule has 1 aliphatic rings.